The van der Waals surface area contributed by atoms with Crippen molar-refractivity contribution in [2.75, 3.05) is 25.9 Å². The highest BCUT2D eigenvalue weighted by Crippen LogP contribution is 2.23. The zero-order valence-corrected chi connectivity index (χ0v) is 15.1. The number of nitrogens with zero attached hydrogens (tertiary/aromatic N) is 2. The van der Waals surface area contributed by atoms with Crippen LogP contribution in [0.1, 0.15) is 25.5 Å². The van der Waals surface area contributed by atoms with Gasteiger partial charge in [0.2, 0.25) is 15.9 Å². The molecule has 0 bridgehead atoms. The summed E-state index contributed by atoms with van der Waals surface area (Å²) in [6.07, 6.45) is 4.91. The van der Waals surface area contributed by atoms with Gasteiger partial charge in [0.1, 0.15) is 0 Å². The summed E-state index contributed by atoms with van der Waals surface area (Å²) >= 11 is 0. The summed E-state index contributed by atoms with van der Waals surface area (Å²) in [7, 11) is -3.36. The van der Waals surface area contributed by atoms with Gasteiger partial charge in [-0.3, -0.25) is 14.7 Å². The third kappa shape index (κ3) is 6.18. The Balaban J connectivity index is 1.91. The molecule has 2 atom stereocenters. The summed E-state index contributed by atoms with van der Waals surface area (Å²) in [6.45, 7) is 4.34. The number of hydrogen-bond acceptors (Lipinski definition) is 5. The number of likely N-dealkylation sites (tertiary alicyclic amines) is 1. The van der Waals surface area contributed by atoms with E-state index in [9.17, 15) is 13.2 Å². The van der Waals surface area contributed by atoms with Crippen LogP contribution in [0.3, 0.4) is 0 Å². The Morgan fingerprint density at radius 2 is 2.17 bits per heavy atom. The Morgan fingerprint density at radius 1 is 1.38 bits per heavy atom. The zero-order valence-electron chi connectivity index (χ0n) is 14.2. The van der Waals surface area contributed by atoms with Gasteiger partial charge in [-0.15, -0.1) is 0 Å². The molecule has 0 spiro atoms. The minimum atomic E-state index is -3.36. The minimum absolute atomic E-state index is 0.0440. The minimum Gasteiger partial charge on any atom is -0.351 e. The number of pyridine rings is 1. The van der Waals surface area contributed by atoms with E-state index < -0.39 is 10.0 Å². The molecule has 0 unspecified atom stereocenters. The predicted molar refractivity (Wildman–Crippen MR) is 92.7 cm³/mol. The lowest BCUT2D eigenvalue weighted by Crippen LogP contribution is -2.45. The molecule has 0 aromatic carbocycles. The maximum Gasteiger partial charge on any atom is 0.235 e. The van der Waals surface area contributed by atoms with Gasteiger partial charge in [-0.2, -0.15) is 0 Å². The molecule has 7 nitrogen and oxygen atoms in total. The number of hydrogen-bond donors (Lipinski definition) is 2. The van der Waals surface area contributed by atoms with Gasteiger partial charge in [0.05, 0.1) is 18.5 Å². The van der Waals surface area contributed by atoms with Crippen LogP contribution in [0.2, 0.25) is 0 Å². The number of aromatic nitrogens is 1. The Bertz CT molecular complexity index is 636. The average Bonchev–Trinajstić information content (AvgIpc) is 2.87. The standard InChI is InChI=1S/C16H26N4O3S/c1-3-6-13-10-20(11-14-7-4-5-8-17-14)12-15(13)19-16(21)9-18-24(2,22)23/h4-5,7-8,13,15,18H,3,6,9-12H2,1-2H3,(H,19,21)/t13-,15-/m1/s1. The van der Waals surface area contributed by atoms with Crippen LogP contribution in [0.5, 0.6) is 0 Å². The van der Waals surface area contributed by atoms with Gasteiger partial charge in [0, 0.05) is 31.9 Å². The van der Waals surface area contributed by atoms with Gasteiger partial charge in [0.25, 0.3) is 0 Å². The third-order valence-corrected chi connectivity index (χ3v) is 4.80. The second-order valence-electron chi connectivity index (χ2n) is 6.33. The molecule has 1 aromatic rings. The molecule has 0 aliphatic carbocycles. The van der Waals surface area contributed by atoms with Crippen LogP contribution in [-0.2, 0) is 21.4 Å². The molecule has 1 amide bonds. The third-order valence-electron chi connectivity index (χ3n) is 4.13. The van der Waals surface area contributed by atoms with Crippen molar-refractivity contribution in [1.29, 1.82) is 0 Å². The zero-order chi connectivity index (χ0) is 17.6. The van der Waals surface area contributed by atoms with Crippen molar-refractivity contribution >= 4 is 15.9 Å². The van der Waals surface area contributed by atoms with Crippen LogP contribution in [0, 0.1) is 5.92 Å². The molecule has 1 aliphatic heterocycles. The van der Waals surface area contributed by atoms with E-state index >= 15 is 0 Å². The van der Waals surface area contributed by atoms with Crippen LogP contribution >= 0.6 is 0 Å². The lowest BCUT2D eigenvalue weighted by molar-refractivity contribution is -0.120. The predicted octanol–water partition coefficient (Wildman–Crippen LogP) is 0.348. The molecule has 24 heavy (non-hydrogen) atoms. The number of carbonyl (C=O) groups excluding carboxylic acids is 1. The quantitative estimate of drug-likeness (QED) is 0.703. The van der Waals surface area contributed by atoms with E-state index in [0.29, 0.717) is 5.92 Å². The fourth-order valence-corrected chi connectivity index (χ4v) is 3.49. The molecule has 1 fully saturated rings. The van der Waals surface area contributed by atoms with Crippen molar-refractivity contribution in [2.24, 2.45) is 5.92 Å². The van der Waals surface area contributed by atoms with Gasteiger partial charge in [-0.25, -0.2) is 13.1 Å². The van der Waals surface area contributed by atoms with Gasteiger partial charge in [0.15, 0.2) is 0 Å². The van der Waals surface area contributed by atoms with Crippen LogP contribution in [0.15, 0.2) is 24.4 Å². The summed E-state index contributed by atoms with van der Waals surface area (Å²) in [5.74, 6) is 0.0899. The normalized spacial score (nSPS) is 21.8. The molecule has 134 valence electrons. The lowest BCUT2D eigenvalue weighted by atomic mass is 9.98. The highest BCUT2D eigenvalue weighted by atomic mass is 32.2. The average molecular weight is 354 g/mol. The first-order valence-corrected chi connectivity index (χ1v) is 10.1. The van der Waals surface area contributed by atoms with Crippen molar-refractivity contribution in [2.45, 2.75) is 32.4 Å². The van der Waals surface area contributed by atoms with Crippen molar-refractivity contribution in [3.63, 3.8) is 0 Å². The van der Waals surface area contributed by atoms with Crippen molar-refractivity contribution in [3.8, 4) is 0 Å². The maximum absolute atomic E-state index is 12.0. The fraction of sp³-hybridized carbons (Fsp3) is 0.625. The van der Waals surface area contributed by atoms with Gasteiger partial charge in [-0.05, 0) is 24.5 Å². The van der Waals surface area contributed by atoms with Crippen LogP contribution in [0.4, 0.5) is 0 Å². The van der Waals surface area contributed by atoms with E-state index in [4.69, 9.17) is 0 Å². The summed E-state index contributed by atoms with van der Waals surface area (Å²) < 4.78 is 24.4. The van der Waals surface area contributed by atoms with Gasteiger partial charge >= 0.3 is 0 Å². The Hall–Kier alpha value is -1.51. The molecule has 1 saturated heterocycles. The highest BCUT2D eigenvalue weighted by Gasteiger charge is 2.33. The molecule has 0 saturated carbocycles. The van der Waals surface area contributed by atoms with Crippen molar-refractivity contribution < 1.29 is 13.2 Å². The monoisotopic (exact) mass is 354 g/mol. The highest BCUT2D eigenvalue weighted by molar-refractivity contribution is 7.88. The SMILES string of the molecule is CCC[C@@H]1CN(Cc2ccccn2)C[C@H]1NC(=O)CNS(C)(=O)=O. The number of nitrogens with one attached hydrogen (secondary N) is 2. The Labute approximate surface area is 143 Å². The molecule has 2 heterocycles. The van der Waals surface area contributed by atoms with E-state index in [1.54, 1.807) is 6.20 Å². The van der Waals surface area contributed by atoms with E-state index in [2.05, 4.69) is 26.8 Å². The van der Waals surface area contributed by atoms with Crippen molar-refractivity contribution in [1.82, 2.24) is 19.9 Å². The van der Waals surface area contributed by atoms with Crippen LogP contribution in [-0.4, -0.2) is 56.1 Å². The van der Waals surface area contributed by atoms with Crippen molar-refractivity contribution in [3.05, 3.63) is 30.1 Å². The largest absolute Gasteiger partial charge is 0.351 e. The van der Waals surface area contributed by atoms with E-state index in [1.165, 1.54) is 0 Å². The Morgan fingerprint density at radius 3 is 2.79 bits per heavy atom. The number of carbonyl (C=O) groups is 1. The number of sulfonamides is 1. The second-order valence-corrected chi connectivity index (χ2v) is 8.16. The van der Waals surface area contributed by atoms with Gasteiger partial charge < -0.3 is 5.32 Å². The smallest absolute Gasteiger partial charge is 0.235 e. The first-order chi connectivity index (χ1) is 11.4. The molecule has 2 rings (SSSR count). The summed E-state index contributed by atoms with van der Waals surface area (Å²) in [5, 5.41) is 2.97. The fourth-order valence-electron chi connectivity index (χ4n) is 3.09. The first-order valence-electron chi connectivity index (χ1n) is 8.23. The molecular weight excluding hydrogens is 328 g/mol. The lowest BCUT2D eigenvalue weighted by Gasteiger charge is -2.19. The van der Waals surface area contributed by atoms with E-state index in [1.807, 2.05) is 18.2 Å². The number of amides is 1. The molecule has 0 radical (unpaired) electrons. The Kier molecular flexibility index (Phi) is 6.70. The summed E-state index contributed by atoms with van der Waals surface area (Å²) in [6, 6.07) is 5.91. The van der Waals surface area contributed by atoms with E-state index in [-0.39, 0.29) is 18.5 Å². The molecule has 1 aromatic heterocycles. The van der Waals surface area contributed by atoms with E-state index in [0.717, 1.165) is 44.4 Å². The molecule has 2 N–H and O–H groups in total. The van der Waals surface area contributed by atoms with Crippen LogP contribution in [0.25, 0.3) is 0 Å². The summed E-state index contributed by atoms with van der Waals surface area (Å²) in [4.78, 5) is 18.6. The van der Waals surface area contributed by atoms with Gasteiger partial charge in [-0.1, -0.05) is 19.4 Å². The molecular formula is C16H26N4O3S. The first kappa shape index (κ1) is 18.8. The number of rotatable bonds is 8. The molecule has 8 heteroatoms. The van der Waals surface area contributed by atoms with Crippen LogP contribution < -0.4 is 10.0 Å². The molecule has 1 aliphatic rings. The maximum atomic E-state index is 12.0. The second kappa shape index (κ2) is 8.55. The topological polar surface area (TPSA) is 91.4 Å². The summed E-state index contributed by atoms with van der Waals surface area (Å²) in [5.41, 5.74) is 1.01.